The van der Waals surface area contributed by atoms with E-state index in [-0.39, 0.29) is 0 Å². The van der Waals surface area contributed by atoms with Crippen LogP contribution in [-0.4, -0.2) is 0 Å². The van der Waals surface area contributed by atoms with E-state index in [1.54, 1.807) is 0 Å². The Hall–Kier alpha value is -7.10. The SMILES string of the molecule is CC1CC=CC=C1N(c1ccc(-c2cccc3c2oc2cc4c(cc23)C2=C(C=CCC2C)C4(c2ccccc2)c2ccccc2)cc1)c1cccc2c1oc1ccccc12. The first-order valence-corrected chi connectivity index (χ1v) is 21.3. The average Bonchev–Trinajstić information content (AvgIpc) is 3.96. The van der Waals surface area contributed by atoms with Gasteiger partial charge in [-0.05, 0) is 100 Å². The Bertz CT molecular complexity index is 3240. The van der Waals surface area contributed by atoms with Gasteiger partial charge in [-0.1, -0.05) is 159 Å². The fourth-order valence-electron chi connectivity index (χ4n) is 10.7. The molecule has 0 N–H and O–H groups in total. The maximum absolute atomic E-state index is 7.07. The van der Waals surface area contributed by atoms with E-state index in [4.69, 9.17) is 8.83 Å². The van der Waals surface area contributed by atoms with Gasteiger partial charge >= 0.3 is 0 Å². The summed E-state index contributed by atoms with van der Waals surface area (Å²) in [5.74, 6) is 0.728. The molecule has 0 aliphatic heterocycles. The molecular weight excluding hydrogens is 731 g/mol. The van der Waals surface area contributed by atoms with Crippen LogP contribution < -0.4 is 4.90 Å². The highest BCUT2D eigenvalue weighted by Crippen LogP contribution is 2.59. The van der Waals surface area contributed by atoms with E-state index in [0.29, 0.717) is 11.8 Å². The minimum atomic E-state index is -0.455. The molecule has 12 rings (SSSR count). The van der Waals surface area contributed by atoms with Crippen LogP contribution in [0.15, 0.2) is 208 Å². The largest absolute Gasteiger partial charge is 0.455 e. The number of anilines is 2. The second-order valence-corrected chi connectivity index (χ2v) is 16.8. The lowest BCUT2D eigenvalue weighted by Crippen LogP contribution is -2.29. The van der Waals surface area contributed by atoms with E-state index < -0.39 is 5.41 Å². The molecule has 2 aromatic heterocycles. The van der Waals surface area contributed by atoms with Crippen molar-refractivity contribution < 1.29 is 8.83 Å². The zero-order valence-electron chi connectivity index (χ0n) is 33.7. The normalized spacial score (nSPS) is 18.1. The Morgan fingerprint density at radius 2 is 1.22 bits per heavy atom. The molecule has 0 radical (unpaired) electrons. The molecule has 0 fully saturated rings. The van der Waals surface area contributed by atoms with Crippen LogP contribution in [0.2, 0.25) is 0 Å². The third-order valence-electron chi connectivity index (χ3n) is 13.4. The molecule has 0 amide bonds. The zero-order valence-corrected chi connectivity index (χ0v) is 33.7. The van der Waals surface area contributed by atoms with Gasteiger partial charge in [0.15, 0.2) is 5.58 Å². The topological polar surface area (TPSA) is 29.5 Å². The van der Waals surface area contributed by atoms with Gasteiger partial charge in [-0.2, -0.15) is 0 Å². The van der Waals surface area contributed by atoms with Crippen molar-refractivity contribution in [3.05, 3.63) is 222 Å². The summed E-state index contributed by atoms with van der Waals surface area (Å²) in [6.07, 6.45) is 13.5. The van der Waals surface area contributed by atoms with E-state index in [1.165, 1.54) is 39.1 Å². The molecule has 288 valence electrons. The quantitative estimate of drug-likeness (QED) is 0.169. The third-order valence-corrected chi connectivity index (χ3v) is 13.4. The number of hydrogen-bond acceptors (Lipinski definition) is 3. The molecule has 3 aliphatic rings. The molecule has 0 bridgehead atoms. The number of rotatable bonds is 6. The van der Waals surface area contributed by atoms with Crippen LogP contribution in [-0.2, 0) is 5.41 Å². The van der Waals surface area contributed by atoms with Crippen molar-refractivity contribution in [3.63, 3.8) is 0 Å². The molecule has 3 nitrogen and oxygen atoms in total. The number of nitrogens with zero attached hydrogens (tertiary/aromatic N) is 1. The number of para-hydroxylation sites is 3. The number of hydrogen-bond donors (Lipinski definition) is 0. The Morgan fingerprint density at radius 3 is 1.98 bits per heavy atom. The van der Waals surface area contributed by atoms with Crippen molar-refractivity contribution in [1.82, 2.24) is 0 Å². The van der Waals surface area contributed by atoms with Crippen LogP contribution in [0, 0.1) is 11.8 Å². The number of benzene rings is 7. The van der Waals surface area contributed by atoms with E-state index in [2.05, 4.69) is 201 Å². The maximum atomic E-state index is 7.07. The fourth-order valence-corrected chi connectivity index (χ4v) is 10.7. The second kappa shape index (κ2) is 13.5. The Labute approximate surface area is 349 Å². The first-order chi connectivity index (χ1) is 29.6. The molecule has 60 heavy (non-hydrogen) atoms. The predicted octanol–water partition coefficient (Wildman–Crippen LogP) is 15.5. The summed E-state index contributed by atoms with van der Waals surface area (Å²) in [5.41, 5.74) is 16.8. The van der Waals surface area contributed by atoms with Gasteiger partial charge < -0.3 is 13.7 Å². The molecule has 7 aromatic carbocycles. The van der Waals surface area contributed by atoms with Gasteiger partial charge in [0.25, 0.3) is 0 Å². The second-order valence-electron chi connectivity index (χ2n) is 16.8. The van der Waals surface area contributed by atoms with Crippen molar-refractivity contribution in [2.24, 2.45) is 11.8 Å². The maximum Gasteiger partial charge on any atom is 0.159 e. The molecule has 0 saturated heterocycles. The van der Waals surface area contributed by atoms with Crippen LogP contribution in [0.3, 0.4) is 0 Å². The van der Waals surface area contributed by atoms with Gasteiger partial charge in [0.05, 0.1) is 11.1 Å². The van der Waals surface area contributed by atoms with E-state index in [9.17, 15) is 0 Å². The van der Waals surface area contributed by atoms with Crippen LogP contribution in [0.25, 0.3) is 60.6 Å². The highest BCUT2D eigenvalue weighted by Gasteiger charge is 2.48. The highest BCUT2D eigenvalue weighted by molar-refractivity contribution is 6.12. The van der Waals surface area contributed by atoms with Crippen LogP contribution in [0.5, 0.6) is 0 Å². The van der Waals surface area contributed by atoms with Gasteiger partial charge in [-0.25, -0.2) is 0 Å². The van der Waals surface area contributed by atoms with Gasteiger partial charge in [0.2, 0.25) is 0 Å². The third kappa shape index (κ3) is 5.02. The minimum absolute atomic E-state index is 0.335. The molecule has 0 spiro atoms. The first kappa shape index (κ1) is 34.9. The van der Waals surface area contributed by atoms with Crippen molar-refractivity contribution >= 4 is 60.8 Å². The minimum Gasteiger partial charge on any atom is -0.455 e. The summed E-state index contributed by atoms with van der Waals surface area (Å²) in [6, 6.07) is 57.3. The number of allylic oxidation sites excluding steroid dienone is 8. The predicted molar refractivity (Wildman–Crippen MR) is 249 cm³/mol. The lowest BCUT2D eigenvalue weighted by Gasteiger charge is -2.35. The summed E-state index contributed by atoms with van der Waals surface area (Å²) >= 11 is 0. The number of fused-ring (bicyclic) bond motifs is 8. The van der Waals surface area contributed by atoms with Crippen molar-refractivity contribution in [2.45, 2.75) is 32.1 Å². The fraction of sp³-hybridized carbons (Fsp3) is 0.123. The highest BCUT2D eigenvalue weighted by atomic mass is 16.3. The standard InChI is InChI=1S/C57H43NO2/c1-36-16-9-11-27-50(36)58(51-28-15-25-44-43-22-10-12-29-52(43)59-56(44)51)41-32-30-38(31-33-41)42-23-14-24-45-46-34-47-49(35-53(46)60-55(42)45)57(39-18-5-3-6-19-39,40-20-7-4-8-21-40)48-26-13-17-37(2)54(47)48/h3-15,18-37H,16-17H2,1-2H3. The molecule has 2 atom stereocenters. The molecule has 0 saturated carbocycles. The lowest BCUT2D eigenvalue weighted by molar-refractivity contribution is 0.656. The van der Waals surface area contributed by atoms with Crippen molar-refractivity contribution in [3.8, 4) is 11.1 Å². The lowest BCUT2D eigenvalue weighted by atomic mass is 9.66. The molecular formula is C57H43NO2. The smallest absolute Gasteiger partial charge is 0.159 e. The van der Waals surface area contributed by atoms with Gasteiger partial charge in [-0.3, -0.25) is 0 Å². The van der Waals surface area contributed by atoms with Crippen LogP contribution >= 0.6 is 0 Å². The van der Waals surface area contributed by atoms with Gasteiger partial charge in [-0.15, -0.1) is 0 Å². The molecule has 2 heterocycles. The summed E-state index contributed by atoms with van der Waals surface area (Å²) in [7, 11) is 0. The van der Waals surface area contributed by atoms with Crippen LogP contribution in [0.4, 0.5) is 11.4 Å². The Morgan fingerprint density at radius 1 is 0.550 bits per heavy atom. The molecule has 3 aliphatic carbocycles. The van der Waals surface area contributed by atoms with Gasteiger partial charge in [0.1, 0.15) is 16.7 Å². The molecule has 3 heteroatoms. The molecule has 9 aromatic rings. The summed E-state index contributed by atoms with van der Waals surface area (Å²) < 4.78 is 13.7. The zero-order chi connectivity index (χ0) is 40.0. The summed E-state index contributed by atoms with van der Waals surface area (Å²) in [5, 5.41) is 4.55. The van der Waals surface area contributed by atoms with Gasteiger partial charge in [0, 0.05) is 44.4 Å². The van der Waals surface area contributed by atoms with E-state index in [0.717, 1.165) is 79.2 Å². The monoisotopic (exact) mass is 773 g/mol. The van der Waals surface area contributed by atoms with Crippen LogP contribution in [0.1, 0.15) is 48.9 Å². The van der Waals surface area contributed by atoms with Crippen molar-refractivity contribution in [2.75, 3.05) is 4.90 Å². The van der Waals surface area contributed by atoms with Crippen molar-refractivity contribution in [1.29, 1.82) is 0 Å². The van der Waals surface area contributed by atoms with E-state index in [1.807, 2.05) is 6.07 Å². The summed E-state index contributed by atoms with van der Waals surface area (Å²) in [4.78, 5) is 2.39. The number of furan rings is 2. The first-order valence-electron chi connectivity index (χ1n) is 21.3. The van der Waals surface area contributed by atoms with E-state index >= 15 is 0 Å². The Kier molecular flexibility index (Phi) is 7.84. The summed E-state index contributed by atoms with van der Waals surface area (Å²) in [6.45, 7) is 4.69. The molecule has 2 unspecified atom stereocenters. The Balaban J connectivity index is 1.02. The average molecular weight is 774 g/mol.